The maximum absolute atomic E-state index is 12.4. The van der Waals surface area contributed by atoms with Crippen LogP contribution in [0, 0.1) is 5.92 Å². The number of hydrogen-bond acceptors (Lipinski definition) is 4. The number of carbonyl (C=O) groups is 2. The molecule has 0 radical (unpaired) electrons. The first-order chi connectivity index (χ1) is 9.97. The molecule has 1 aliphatic heterocycles. The van der Waals surface area contributed by atoms with Crippen LogP contribution >= 0.6 is 0 Å². The Morgan fingerprint density at radius 1 is 1.48 bits per heavy atom. The second-order valence-electron chi connectivity index (χ2n) is 6.14. The van der Waals surface area contributed by atoms with Gasteiger partial charge in [-0.15, -0.1) is 0 Å². The van der Waals surface area contributed by atoms with Gasteiger partial charge in [0.15, 0.2) is 0 Å². The van der Waals surface area contributed by atoms with Gasteiger partial charge >= 0.3 is 12.0 Å². The van der Waals surface area contributed by atoms with Crippen LogP contribution in [0.2, 0.25) is 0 Å². The van der Waals surface area contributed by atoms with Crippen LogP contribution in [-0.2, 0) is 9.53 Å². The molecule has 21 heavy (non-hydrogen) atoms. The minimum Gasteiger partial charge on any atom is -0.480 e. The molecule has 1 saturated carbocycles. The number of amides is 2. The highest BCUT2D eigenvalue weighted by atomic mass is 16.5. The fourth-order valence-electron chi connectivity index (χ4n) is 3.21. The van der Waals surface area contributed by atoms with Crippen LogP contribution in [0.3, 0.4) is 0 Å². The standard InChI is InChI=1S/C14H24N2O5/c1-10-3-2-4-14(7-10,12(18)19)15-13(20)16-5-6-21-11(8-16)9-17/h10-11,17H,2-9H2,1H3,(H,15,20)(H,18,19). The van der Waals surface area contributed by atoms with Gasteiger partial charge in [0.25, 0.3) is 0 Å². The smallest absolute Gasteiger partial charge is 0.329 e. The summed E-state index contributed by atoms with van der Waals surface area (Å²) >= 11 is 0. The topological polar surface area (TPSA) is 99.1 Å². The summed E-state index contributed by atoms with van der Waals surface area (Å²) in [6.45, 7) is 2.92. The molecule has 7 heteroatoms. The third-order valence-electron chi connectivity index (χ3n) is 4.38. The molecule has 0 aromatic carbocycles. The van der Waals surface area contributed by atoms with E-state index in [1.807, 2.05) is 6.92 Å². The van der Waals surface area contributed by atoms with Crippen molar-refractivity contribution in [2.45, 2.75) is 44.2 Å². The van der Waals surface area contributed by atoms with Gasteiger partial charge in [-0.25, -0.2) is 9.59 Å². The lowest BCUT2D eigenvalue weighted by Crippen LogP contribution is -2.61. The Balaban J connectivity index is 2.03. The third-order valence-corrected chi connectivity index (χ3v) is 4.38. The fourth-order valence-corrected chi connectivity index (χ4v) is 3.21. The van der Waals surface area contributed by atoms with E-state index in [4.69, 9.17) is 9.84 Å². The summed E-state index contributed by atoms with van der Waals surface area (Å²) in [6, 6.07) is -0.381. The molecule has 2 fully saturated rings. The molecule has 0 bridgehead atoms. The number of carbonyl (C=O) groups excluding carboxylic acids is 1. The maximum atomic E-state index is 12.4. The van der Waals surface area contributed by atoms with Crippen molar-refractivity contribution in [3.05, 3.63) is 0 Å². The van der Waals surface area contributed by atoms with E-state index in [0.717, 1.165) is 12.8 Å². The predicted octanol–water partition coefficient (Wildman–Crippen LogP) is 0.423. The van der Waals surface area contributed by atoms with Crippen molar-refractivity contribution in [2.75, 3.05) is 26.3 Å². The first-order valence-electron chi connectivity index (χ1n) is 7.50. The minimum absolute atomic E-state index is 0.148. The van der Waals surface area contributed by atoms with Crippen LogP contribution in [0.15, 0.2) is 0 Å². The van der Waals surface area contributed by atoms with Crippen LogP contribution < -0.4 is 5.32 Å². The lowest BCUT2D eigenvalue weighted by molar-refractivity contribution is -0.146. The van der Waals surface area contributed by atoms with Crippen molar-refractivity contribution >= 4 is 12.0 Å². The van der Waals surface area contributed by atoms with Gasteiger partial charge in [-0.2, -0.15) is 0 Å². The molecule has 120 valence electrons. The molecule has 2 amide bonds. The van der Waals surface area contributed by atoms with Crippen molar-refractivity contribution in [3.8, 4) is 0 Å². The van der Waals surface area contributed by atoms with Crippen molar-refractivity contribution in [2.24, 2.45) is 5.92 Å². The molecule has 0 aromatic rings. The van der Waals surface area contributed by atoms with E-state index in [0.29, 0.717) is 26.0 Å². The predicted molar refractivity (Wildman–Crippen MR) is 74.9 cm³/mol. The molecule has 0 aromatic heterocycles. The molecule has 7 nitrogen and oxygen atoms in total. The summed E-state index contributed by atoms with van der Waals surface area (Å²) in [5.74, 6) is -0.681. The zero-order chi connectivity index (χ0) is 15.5. The van der Waals surface area contributed by atoms with Gasteiger partial charge in [0.1, 0.15) is 5.54 Å². The molecule has 1 saturated heterocycles. The SMILES string of the molecule is CC1CCCC(NC(=O)N2CCOC(CO)C2)(C(=O)O)C1. The quantitative estimate of drug-likeness (QED) is 0.701. The second-order valence-corrected chi connectivity index (χ2v) is 6.14. The van der Waals surface area contributed by atoms with E-state index >= 15 is 0 Å². The van der Waals surface area contributed by atoms with Gasteiger partial charge in [-0.3, -0.25) is 0 Å². The number of morpholine rings is 1. The van der Waals surface area contributed by atoms with Gasteiger partial charge in [0.2, 0.25) is 0 Å². The summed E-state index contributed by atoms with van der Waals surface area (Å²) in [7, 11) is 0. The maximum Gasteiger partial charge on any atom is 0.329 e. The van der Waals surface area contributed by atoms with E-state index in [1.54, 1.807) is 0 Å². The molecule has 3 atom stereocenters. The number of aliphatic carboxylic acids is 1. The van der Waals surface area contributed by atoms with Crippen molar-refractivity contribution in [1.29, 1.82) is 0 Å². The molecule has 3 N–H and O–H groups in total. The minimum atomic E-state index is -1.16. The highest BCUT2D eigenvalue weighted by molar-refractivity contribution is 5.86. The molecule has 3 unspecified atom stereocenters. The highest BCUT2D eigenvalue weighted by Gasteiger charge is 2.44. The summed E-state index contributed by atoms with van der Waals surface area (Å²) in [5, 5.41) is 21.4. The highest BCUT2D eigenvalue weighted by Crippen LogP contribution is 2.32. The van der Waals surface area contributed by atoms with E-state index in [9.17, 15) is 14.7 Å². The lowest BCUT2D eigenvalue weighted by Gasteiger charge is -2.40. The molecule has 1 heterocycles. The number of aliphatic hydroxyl groups is 1. The number of nitrogens with zero attached hydrogens (tertiary/aromatic N) is 1. The Kier molecular flexibility index (Phi) is 5.05. The lowest BCUT2D eigenvalue weighted by atomic mass is 9.76. The van der Waals surface area contributed by atoms with Crippen LogP contribution in [0.25, 0.3) is 0 Å². The number of carboxylic acid groups (broad SMARTS) is 1. The third kappa shape index (κ3) is 3.65. The summed E-state index contributed by atoms with van der Waals surface area (Å²) < 4.78 is 5.30. The van der Waals surface area contributed by atoms with Crippen LogP contribution in [0.5, 0.6) is 0 Å². The molecule has 2 rings (SSSR count). The number of carboxylic acids is 1. The number of ether oxygens (including phenoxy) is 1. The number of urea groups is 1. The molecule has 2 aliphatic rings. The summed E-state index contributed by atoms with van der Waals surface area (Å²) in [5.41, 5.74) is -1.16. The molecular formula is C14H24N2O5. The van der Waals surface area contributed by atoms with E-state index in [-0.39, 0.29) is 25.1 Å². The van der Waals surface area contributed by atoms with Crippen LogP contribution in [-0.4, -0.2) is 65.1 Å². The van der Waals surface area contributed by atoms with Crippen molar-refractivity contribution in [1.82, 2.24) is 10.2 Å². The summed E-state index contributed by atoms with van der Waals surface area (Å²) in [4.78, 5) is 25.5. The van der Waals surface area contributed by atoms with Crippen molar-refractivity contribution < 1.29 is 24.5 Å². The number of rotatable bonds is 3. The van der Waals surface area contributed by atoms with Gasteiger partial charge in [-0.05, 0) is 18.8 Å². The number of hydrogen-bond donors (Lipinski definition) is 3. The Hall–Kier alpha value is -1.34. The fraction of sp³-hybridized carbons (Fsp3) is 0.857. The van der Waals surface area contributed by atoms with Crippen molar-refractivity contribution in [3.63, 3.8) is 0 Å². The average Bonchev–Trinajstić information content (AvgIpc) is 2.47. The zero-order valence-corrected chi connectivity index (χ0v) is 12.4. The van der Waals surface area contributed by atoms with E-state index in [2.05, 4.69) is 5.32 Å². The number of aliphatic hydroxyl groups excluding tert-OH is 1. The first kappa shape index (κ1) is 16.0. The molecule has 0 spiro atoms. The molecular weight excluding hydrogens is 276 g/mol. The van der Waals surface area contributed by atoms with Crippen LogP contribution in [0.4, 0.5) is 4.79 Å². The van der Waals surface area contributed by atoms with Gasteiger partial charge in [0.05, 0.1) is 25.9 Å². The Morgan fingerprint density at radius 2 is 2.24 bits per heavy atom. The van der Waals surface area contributed by atoms with Crippen LogP contribution in [0.1, 0.15) is 32.6 Å². The second kappa shape index (κ2) is 6.62. The van der Waals surface area contributed by atoms with Gasteiger partial charge in [-0.1, -0.05) is 19.8 Å². The zero-order valence-electron chi connectivity index (χ0n) is 12.4. The van der Waals surface area contributed by atoms with E-state index in [1.165, 1.54) is 4.90 Å². The first-order valence-corrected chi connectivity index (χ1v) is 7.50. The number of nitrogens with one attached hydrogen (secondary N) is 1. The average molecular weight is 300 g/mol. The Labute approximate surface area is 124 Å². The largest absolute Gasteiger partial charge is 0.480 e. The Bertz CT molecular complexity index is 403. The molecule has 1 aliphatic carbocycles. The monoisotopic (exact) mass is 300 g/mol. The van der Waals surface area contributed by atoms with Gasteiger partial charge < -0.3 is 25.2 Å². The normalized spacial score (nSPS) is 33.5. The van der Waals surface area contributed by atoms with Gasteiger partial charge in [0, 0.05) is 6.54 Å². The van der Waals surface area contributed by atoms with E-state index < -0.39 is 17.6 Å². The Morgan fingerprint density at radius 3 is 2.86 bits per heavy atom. The summed E-state index contributed by atoms with van der Waals surface area (Å²) in [6.07, 6.45) is 2.33.